The van der Waals surface area contributed by atoms with Crippen LogP contribution in [-0.2, 0) is 11.0 Å². The predicted octanol–water partition coefficient (Wildman–Crippen LogP) is 2.01. The fraction of sp³-hybridized carbons (Fsp3) is 0.571. The maximum absolute atomic E-state index is 12.2. The Kier molecular flexibility index (Phi) is 4.22. The predicted molar refractivity (Wildman–Crippen MR) is 50.8 cm³/mol. The Balaban J connectivity index is 2.97. The molecular formula is C7H5F6N3O2S. The molecule has 0 aliphatic carbocycles. The van der Waals surface area contributed by atoms with Crippen LogP contribution in [0.3, 0.4) is 0 Å². The molecule has 5 nitrogen and oxygen atoms in total. The second kappa shape index (κ2) is 5.19. The van der Waals surface area contributed by atoms with E-state index in [4.69, 9.17) is 5.11 Å². The molecule has 0 radical (unpaired) electrons. The van der Waals surface area contributed by atoms with Gasteiger partial charge < -0.3 is 10.0 Å². The van der Waals surface area contributed by atoms with Crippen molar-refractivity contribution >= 4 is 22.6 Å². The van der Waals surface area contributed by atoms with E-state index in [0.29, 0.717) is 0 Å². The molecule has 12 heteroatoms. The van der Waals surface area contributed by atoms with Gasteiger partial charge in [-0.1, -0.05) is 0 Å². The van der Waals surface area contributed by atoms with E-state index in [1.807, 2.05) is 0 Å². The molecule has 1 heterocycles. The first kappa shape index (κ1) is 15.5. The summed E-state index contributed by atoms with van der Waals surface area (Å²) in [6.07, 6.45) is -9.68. The molecule has 108 valence electrons. The highest BCUT2D eigenvalue weighted by atomic mass is 32.1. The molecule has 0 aromatic carbocycles. The molecule has 19 heavy (non-hydrogen) atoms. The number of aromatic nitrogens is 2. The average Bonchev–Trinajstić information content (AvgIpc) is 2.60. The zero-order valence-electron chi connectivity index (χ0n) is 8.79. The van der Waals surface area contributed by atoms with Crippen LogP contribution < -0.4 is 4.90 Å². The van der Waals surface area contributed by atoms with Crippen molar-refractivity contribution in [3.63, 3.8) is 0 Å². The number of aliphatic carboxylic acids is 1. The summed E-state index contributed by atoms with van der Waals surface area (Å²) in [6.45, 7) is -2.86. The smallest absolute Gasteiger partial charge is 0.452 e. The fourth-order valence-electron chi connectivity index (χ4n) is 1.03. The summed E-state index contributed by atoms with van der Waals surface area (Å²) in [4.78, 5) is 13.4. The molecule has 1 aromatic rings. The first-order chi connectivity index (χ1) is 8.49. The number of hydrogen-bond donors (Lipinski definition) is 1. The lowest BCUT2D eigenvalue weighted by Gasteiger charge is -2.20. The largest absolute Gasteiger partial charge is 0.480 e. The van der Waals surface area contributed by atoms with Crippen LogP contribution in [0, 0.1) is 0 Å². The van der Waals surface area contributed by atoms with Crippen LogP contribution >= 0.6 is 11.5 Å². The van der Waals surface area contributed by atoms with Crippen molar-refractivity contribution in [3.05, 3.63) is 5.82 Å². The molecule has 0 saturated carbocycles. The van der Waals surface area contributed by atoms with Gasteiger partial charge in [-0.3, -0.25) is 4.79 Å². The molecule has 1 aromatic heterocycles. The van der Waals surface area contributed by atoms with E-state index in [0.717, 1.165) is 0 Å². The van der Waals surface area contributed by atoms with Crippen molar-refractivity contribution in [2.24, 2.45) is 0 Å². The highest BCUT2D eigenvalue weighted by molar-refractivity contribution is 7.09. The number of carboxylic acids is 1. The molecule has 0 unspecified atom stereocenters. The van der Waals surface area contributed by atoms with Crippen molar-refractivity contribution in [1.82, 2.24) is 9.36 Å². The van der Waals surface area contributed by atoms with Crippen molar-refractivity contribution in [2.75, 3.05) is 18.0 Å². The highest BCUT2D eigenvalue weighted by Crippen LogP contribution is 2.31. The molecular weight excluding hydrogens is 304 g/mol. The van der Waals surface area contributed by atoms with E-state index in [2.05, 4.69) is 9.36 Å². The van der Waals surface area contributed by atoms with Crippen LogP contribution in [0.4, 0.5) is 31.5 Å². The Morgan fingerprint density at radius 3 is 2.21 bits per heavy atom. The number of halogens is 6. The molecule has 0 atom stereocenters. The number of carboxylic acid groups (broad SMARTS) is 1. The van der Waals surface area contributed by atoms with Gasteiger partial charge in [0.25, 0.3) is 0 Å². The van der Waals surface area contributed by atoms with Crippen molar-refractivity contribution in [3.8, 4) is 0 Å². The number of rotatable bonds is 4. The maximum Gasteiger partial charge on any atom is 0.452 e. The fourth-order valence-corrected chi connectivity index (χ4v) is 1.71. The van der Waals surface area contributed by atoms with Gasteiger partial charge >= 0.3 is 18.3 Å². The van der Waals surface area contributed by atoms with E-state index in [1.54, 1.807) is 0 Å². The Hall–Kier alpha value is -1.59. The summed E-state index contributed by atoms with van der Waals surface area (Å²) in [5.41, 5.74) is 0. The molecule has 0 amide bonds. The van der Waals surface area contributed by atoms with Gasteiger partial charge in [-0.2, -0.15) is 35.7 Å². The minimum Gasteiger partial charge on any atom is -0.480 e. The molecule has 1 rings (SSSR count). The highest BCUT2D eigenvalue weighted by Gasteiger charge is 2.38. The number of carbonyl (C=O) groups is 1. The molecule has 0 fully saturated rings. The van der Waals surface area contributed by atoms with Gasteiger partial charge in [0.15, 0.2) is 0 Å². The number of nitrogens with zero attached hydrogens (tertiary/aromatic N) is 3. The van der Waals surface area contributed by atoms with Crippen LogP contribution in [0.1, 0.15) is 5.82 Å². The van der Waals surface area contributed by atoms with E-state index >= 15 is 0 Å². The minimum atomic E-state index is -4.90. The lowest BCUT2D eigenvalue weighted by molar-refractivity contribution is -0.144. The third-order valence-corrected chi connectivity index (χ3v) is 2.41. The van der Waals surface area contributed by atoms with Crippen molar-refractivity contribution < 1.29 is 36.2 Å². The Morgan fingerprint density at radius 1 is 1.26 bits per heavy atom. The second-order valence-electron chi connectivity index (χ2n) is 3.26. The van der Waals surface area contributed by atoms with Gasteiger partial charge in [-0.05, 0) is 0 Å². The van der Waals surface area contributed by atoms with Crippen LogP contribution in [0.5, 0.6) is 0 Å². The maximum atomic E-state index is 12.2. The third-order valence-electron chi connectivity index (χ3n) is 1.64. The van der Waals surface area contributed by atoms with Crippen LogP contribution in [0.25, 0.3) is 0 Å². The third kappa shape index (κ3) is 4.89. The van der Waals surface area contributed by atoms with Crippen molar-refractivity contribution in [2.45, 2.75) is 12.4 Å². The average molecular weight is 309 g/mol. The molecule has 0 spiro atoms. The lowest BCUT2D eigenvalue weighted by atomic mass is 10.5. The topological polar surface area (TPSA) is 66.3 Å². The normalized spacial score (nSPS) is 12.5. The quantitative estimate of drug-likeness (QED) is 0.862. The van der Waals surface area contributed by atoms with Gasteiger partial charge in [0, 0.05) is 11.5 Å². The lowest BCUT2D eigenvalue weighted by Crippen LogP contribution is -2.38. The second-order valence-corrected chi connectivity index (χ2v) is 3.99. The standard InChI is InChI=1S/C7H5F6N3O2S/c8-6(9,10)2-16(1-3(17)18)5-14-4(15-19-5)7(11,12)13/h1-2H2,(H,17,18). The molecule has 1 N–H and O–H groups in total. The zero-order chi connectivity index (χ0) is 14.8. The van der Waals surface area contributed by atoms with E-state index in [9.17, 15) is 31.1 Å². The van der Waals surface area contributed by atoms with Gasteiger partial charge in [0.1, 0.15) is 13.1 Å². The van der Waals surface area contributed by atoms with E-state index in [1.165, 1.54) is 0 Å². The number of alkyl halides is 6. The summed E-state index contributed by atoms with van der Waals surface area (Å²) >= 11 is 0.0487. The van der Waals surface area contributed by atoms with Crippen LogP contribution in [-0.4, -0.2) is 39.7 Å². The summed E-state index contributed by atoms with van der Waals surface area (Å²) in [5, 5.41) is 7.68. The summed E-state index contributed by atoms with van der Waals surface area (Å²) < 4.78 is 76.0. The Morgan fingerprint density at radius 2 is 1.84 bits per heavy atom. The Bertz CT molecular complexity index is 456. The molecule has 0 bridgehead atoms. The SMILES string of the molecule is O=C(O)CN(CC(F)(F)F)c1nc(C(F)(F)F)ns1. The first-order valence-electron chi connectivity index (χ1n) is 4.43. The summed E-state index contributed by atoms with van der Waals surface area (Å²) in [7, 11) is 0. The van der Waals surface area contributed by atoms with Gasteiger partial charge in [0.05, 0.1) is 0 Å². The monoisotopic (exact) mass is 309 g/mol. The van der Waals surface area contributed by atoms with Gasteiger partial charge in [-0.25, -0.2) is 0 Å². The molecule has 0 aliphatic rings. The molecule has 0 aliphatic heterocycles. The zero-order valence-corrected chi connectivity index (χ0v) is 9.60. The van der Waals surface area contributed by atoms with Crippen molar-refractivity contribution in [1.29, 1.82) is 0 Å². The Labute approximate surface area is 105 Å². The van der Waals surface area contributed by atoms with E-state index < -0.39 is 42.4 Å². The van der Waals surface area contributed by atoms with Crippen LogP contribution in [0.2, 0.25) is 0 Å². The summed E-state index contributed by atoms with van der Waals surface area (Å²) in [5.74, 6) is -3.24. The van der Waals surface area contributed by atoms with Gasteiger partial charge in [0.2, 0.25) is 11.0 Å². The van der Waals surface area contributed by atoms with Crippen LogP contribution in [0.15, 0.2) is 0 Å². The van der Waals surface area contributed by atoms with Gasteiger partial charge in [-0.15, -0.1) is 0 Å². The number of anilines is 1. The number of hydrogen-bond acceptors (Lipinski definition) is 5. The minimum absolute atomic E-state index is 0.0487. The molecule has 0 saturated heterocycles. The first-order valence-corrected chi connectivity index (χ1v) is 5.21. The van der Waals surface area contributed by atoms with E-state index in [-0.39, 0.29) is 16.4 Å². The summed E-state index contributed by atoms with van der Waals surface area (Å²) in [6, 6.07) is 0.